The van der Waals surface area contributed by atoms with Crippen molar-refractivity contribution in [3.05, 3.63) is 40.9 Å². The third-order valence-electron chi connectivity index (χ3n) is 3.96. The number of hydrogen-bond acceptors (Lipinski definition) is 0. The second-order valence-electron chi connectivity index (χ2n) is 5.72. The first-order valence-corrected chi connectivity index (χ1v) is 7.90. The number of benzene rings is 1. The lowest BCUT2D eigenvalue weighted by Crippen LogP contribution is -2.20. The maximum Gasteiger partial charge on any atom is 0.0406 e. The zero-order valence-electron chi connectivity index (χ0n) is 12.7. The van der Waals surface area contributed by atoms with Crippen molar-refractivity contribution in [1.29, 1.82) is 0 Å². The minimum atomic E-state index is 0.395. The first-order chi connectivity index (χ1) is 9.07. The Morgan fingerprint density at radius 3 is 2.16 bits per heavy atom. The van der Waals surface area contributed by atoms with Gasteiger partial charge >= 0.3 is 0 Å². The quantitative estimate of drug-likeness (QED) is 0.572. The molecule has 106 valence electrons. The summed E-state index contributed by atoms with van der Waals surface area (Å²) in [6, 6.07) is 8.06. The molecule has 0 aliphatic heterocycles. The number of halogens is 1. The van der Waals surface area contributed by atoms with Crippen LogP contribution < -0.4 is 0 Å². The Bertz CT molecular complexity index is 381. The van der Waals surface area contributed by atoms with Crippen LogP contribution in [0.4, 0.5) is 0 Å². The second kappa shape index (κ2) is 7.75. The van der Waals surface area contributed by atoms with Gasteiger partial charge in [-0.3, -0.25) is 0 Å². The summed E-state index contributed by atoms with van der Waals surface area (Å²) in [6.07, 6.45) is 9.99. The van der Waals surface area contributed by atoms with Crippen molar-refractivity contribution in [2.24, 2.45) is 11.3 Å². The average molecular weight is 279 g/mol. The molecule has 0 amide bonds. The topological polar surface area (TPSA) is 0 Å². The first-order valence-electron chi connectivity index (χ1n) is 7.52. The molecule has 0 unspecified atom stereocenters. The molecule has 1 aromatic carbocycles. The van der Waals surface area contributed by atoms with Crippen LogP contribution in [-0.2, 0) is 0 Å². The smallest absolute Gasteiger partial charge is 0.0406 e. The highest BCUT2D eigenvalue weighted by Crippen LogP contribution is 2.39. The minimum absolute atomic E-state index is 0.395. The van der Waals surface area contributed by atoms with E-state index in [2.05, 4.69) is 38.1 Å². The summed E-state index contributed by atoms with van der Waals surface area (Å²) in [5.74, 6) is 0.909. The molecule has 19 heavy (non-hydrogen) atoms. The van der Waals surface area contributed by atoms with Gasteiger partial charge in [0.1, 0.15) is 0 Å². The van der Waals surface area contributed by atoms with Gasteiger partial charge in [0.2, 0.25) is 0 Å². The van der Waals surface area contributed by atoms with Crippen LogP contribution in [0, 0.1) is 11.3 Å². The highest BCUT2D eigenvalue weighted by molar-refractivity contribution is 6.30. The molecular formula is C18H27Cl. The molecule has 0 N–H and O–H groups in total. The molecule has 0 aromatic heterocycles. The normalized spacial score (nSPS) is 26.9. The van der Waals surface area contributed by atoms with Crippen LogP contribution in [0.1, 0.15) is 58.9 Å². The van der Waals surface area contributed by atoms with Crippen molar-refractivity contribution in [2.75, 3.05) is 0 Å². The summed E-state index contributed by atoms with van der Waals surface area (Å²) in [6.45, 7) is 8.74. The minimum Gasteiger partial charge on any atom is -0.0843 e. The van der Waals surface area contributed by atoms with Crippen molar-refractivity contribution >= 4 is 17.7 Å². The largest absolute Gasteiger partial charge is 0.0843 e. The lowest BCUT2D eigenvalue weighted by atomic mass is 9.72. The van der Waals surface area contributed by atoms with Gasteiger partial charge in [-0.25, -0.2) is 0 Å². The van der Waals surface area contributed by atoms with Gasteiger partial charge in [0.25, 0.3) is 0 Å². The fourth-order valence-electron chi connectivity index (χ4n) is 2.46. The molecule has 0 radical (unpaired) electrons. The van der Waals surface area contributed by atoms with E-state index in [4.69, 9.17) is 11.6 Å². The van der Waals surface area contributed by atoms with Crippen molar-refractivity contribution in [3.8, 4) is 0 Å². The molecule has 1 aromatic rings. The third kappa shape index (κ3) is 5.40. The fraction of sp³-hybridized carbons (Fsp3) is 0.556. The lowest BCUT2D eigenvalue weighted by Gasteiger charge is -2.33. The number of hydrogen-bond donors (Lipinski definition) is 0. The van der Waals surface area contributed by atoms with E-state index in [-0.39, 0.29) is 0 Å². The monoisotopic (exact) mass is 278 g/mol. The lowest BCUT2D eigenvalue weighted by molar-refractivity contribution is 0.234. The van der Waals surface area contributed by atoms with Crippen molar-refractivity contribution in [1.82, 2.24) is 0 Å². The maximum absolute atomic E-state index is 5.88. The highest BCUT2D eigenvalue weighted by atomic mass is 35.5. The predicted octanol–water partition coefficient (Wildman–Crippen LogP) is 6.60. The second-order valence-corrected chi connectivity index (χ2v) is 6.16. The SMILES string of the molecule is CC.CC1CCC(C)(/C=C/c2ccc(Cl)cc2)CC1. The molecular weight excluding hydrogens is 252 g/mol. The molecule has 0 bridgehead atoms. The molecule has 0 atom stereocenters. The molecule has 1 aliphatic carbocycles. The van der Waals surface area contributed by atoms with E-state index >= 15 is 0 Å². The third-order valence-corrected chi connectivity index (χ3v) is 4.22. The predicted molar refractivity (Wildman–Crippen MR) is 87.6 cm³/mol. The molecule has 0 heterocycles. The summed E-state index contributed by atoms with van der Waals surface area (Å²) in [4.78, 5) is 0. The molecule has 1 aliphatic rings. The molecule has 1 saturated carbocycles. The molecule has 0 spiro atoms. The molecule has 0 saturated heterocycles. The Kier molecular flexibility index (Phi) is 6.65. The molecule has 1 fully saturated rings. The van der Waals surface area contributed by atoms with E-state index < -0.39 is 0 Å². The van der Waals surface area contributed by atoms with Crippen LogP contribution in [-0.4, -0.2) is 0 Å². The Hall–Kier alpha value is -0.750. The summed E-state index contributed by atoms with van der Waals surface area (Å²) in [7, 11) is 0. The highest BCUT2D eigenvalue weighted by Gasteiger charge is 2.26. The van der Waals surface area contributed by atoms with Gasteiger partial charge in [-0.05, 0) is 54.7 Å². The van der Waals surface area contributed by atoms with Crippen molar-refractivity contribution in [3.63, 3.8) is 0 Å². The molecule has 0 nitrogen and oxygen atoms in total. The zero-order valence-corrected chi connectivity index (χ0v) is 13.5. The van der Waals surface area contributed by atoms with Crippen LogP contribution in [0.15, 0.2) is 30.3 Å². The number of allylic oxidation sites excluding steroid dienone is 1. The van der Waals surface area contributed by atoms with E-state index in [1.54, 1.807) is 0 Å². The van der Waals surface area contributed by atoms with Gasteiger partial charge in [0.05, 0.1) is 0 Å². The molecule has 1 heteroatoms. The van der Waals surface area contributed by atoms with E-state index in [1.807, 2.05) is 26.0 Å². The average Bonchev–Trinajstić information content (AvgIpc) is 2.44. The maximum atomic E-state index is 5.88. The van der Waals surface area contributed by atoms with Gasteiger partial charge in [-0.1, -0.05) is 63.6 Å². The Morgan fingerprint density at radius 1 is 1.11 bits per heavy atom. The Labute approximate surface area is 123 Å². The summed E-state index contributed by atoms with van der Waals surface area (Å²) in [5.41, 5.74) is 1.64. The van der Waals surface area contributed by atoms with Gasteiger partial charge in [-0.2, -0.15) is 0 Å². The standard InChI is InChI=1S/C16H21Cl.C2H6/c1-13-7-10-16(2,11-8-13)12-9-14-3-5-15(17)6-4-14;1-2/h3-6,9,12-13H,7-8,10-11H2,1-2H3;1-2H3/b12-9+;. The van der Waals surface area contributed by atoms with E-state index in [0.717, 1.165) is 10.9 Å². The molecule has 2 rings (SSSR count). The van der Waals surface area contributed by atoms with Crippen LogP contribution in [0.25, 0.3) is 6.08 Å². The van der Waals surface area contributed by atoms with Gasteiger partial charge < -0.3 is 0 Å². The fourth-order valence-corrected chi connectivity index (χ4v) is 2.59. The van der Waals surface area contributed by atoms with Crippen LogP contribution in [0.3, 0.4) is 0 Å². The Morgan fingerprint density at radius 2 is 1.63 bits per heavy atom. The summed E-state index contributed by atoms with van der Waals surface area (Å²) in [5, 5.41) is 0.805. The van der Waals surface area contributed by atoms with E-state index in [1.165, 1.54) is 31.2 Å². The van der Waals surface area contributed by atoms with Crippen LogP contribution >= 0.6 is 11.6 Å². The van der Waals surface area contributed by atoms with Crippen LogP contribution in [0.2, 0.25) is 5.02 Å². The van der Waals surface area contributed by atoms with Crippen molar-refractivity contribution < 1.29 is 0 Å². The summed E-state index contributed by atoms with van der Waals surface area (Å²) < 4.78 is 0. The van der Waals surface area contributed by atoms with E-state index in [9.17, 15) is 0 Å². The zero-order chi connectivity index (χ0) is 14.3. The van der Waals surface area contributed by atoms with Gasteiger partial charge in [0.15, 0.2) is 0 Å². The Balaban J connectivity index is 0.000000861. The number of rotatable bonds is 2. The summed E-state index contributed by atoms with van der Waals surface area (Å²) >= 11 is 5.88. The first kappa shape index (κ1) is 16.3. The van der Waals surface area contributed by atoms with Gasteiger partial charge in [0, 0.05) is 5.02 Å². The van der Waals surface area contributed by atoms with Crippen molar-refractivity contribution in [2.45, 2.75) is 53.4 Å². The van der Waals surface area contributed by atoms with Gasteiger partial charge in [-0.15, -0.1) is 0 Å². The van der Waals surface area contributed by atoms with Crippen LogP contribution in [0.5, 0.6) is 0 Å². The van der Waals surface area contributed by atoms with E-state index in [0.29, 0.717) is 5.41 Å².